The van der Waals surface area contributed by atoms with Gasteiger partial charge in [0.15, 0.2) is 6.61 Å². The molecular formula is C18H20Cl2O7S. The Morgan fingerprint density at radius 1 is 1.11 bits per heavy atom. The van der Waals surface area contributed by atoms with Gasteiger partial charge in [0, 0.05) is 11.3 Å². The van der Waals surface area contributed by atoms with Crippen molar-refractivity contribution in [1.82, 2.24) is 0 Å². The van der Waals surface area contributed by atoms with E-state index in [0.717, 1.165) is 12.2 Å². The van der Waals surface area contributed by atoms with Gasteiger partial charge >= 0.3 is 5.97 Å². The van der Waals surface area contributed by atoms with Crippen molar-refractivity contribution < 1.29 is 34.4 Å². The second kappa shape index (κ2) is 10.5. The van der Waals surface area contributed by atoms with Crippen LogP contribution in [0.3, 0.4) is 0 Å². The molecule has 0 bridgehead atoms. The first-order valence-electron chi connectivity index (χ1n) is 8.34. The van der Waals surface area contributed by atoms with Crippen molar-refractivity contribution in [2.75, 3.05) is 38.8 Å². The van der Waals surface area contributed by atoms with Crippen LogP contribution in [0.1, 0.15) is 16.8 Å². The molecule has 3 N–H and O–H groups in total. The molecule has 0 aromatic heterocycles. The summed E-state index contributed by atoms with van der Waals surface area (Å²) in [6.07, 6.45) is 2.67. The minimum atomic E-state index is -1.33. The SMILES string of the molecule is O=C(COc1ccc(C(=O)C2=CCCS2)c(Cl)c1Cl)OCC(CO)(CO)CO. The van der Waals surface area contributed by atoms with Crippen LogP contribution in [0.25, 0.3) is 0 Å². The topological polar surface area (TPSA) is 113 Å². The number of carbonyl (C=O) groups is 2. The molecule has 28 heavy (non-hydrogen) atoms. The molecule has 0 spiro atoms. The summed E-state index contributed by atoms with van der Waals surface area (Å²) in [7, 11) is 0. The van der Waals surface area contributed by atoms with E-state index in [1.54, 1.807) is 0 Å². The monoisotopic (exact) mass is 450 g/mol. The van der Waals surface area contributed by atoms with Crippen molar-refractivity contribution in [1.29, 1.82) is 0 Å². The highest BCUT2D eigenvalue weighted by Gasteiger charge is 2.30. The zero-order valence-corrected chi connectivity index (χ0v) is 17.1. The van der Waals surface area contributed by atoms with E-state index in [9.17, 15) is 24.9 Å². The third-order valence-electron chi connectivity index (χ3n) is 4.11. The van der Waals surface area contributed by atoms with Crippen LogP contribution in [0.2, 0.25) is 10.0 Å². The lowest BCUT2D eigenvalue weighted by atomic mass is 9.93. The Morgan fingerprint density at radius 2 is 1.79 bits per heavy atom. The molecule has 1 heterocycles. The van der Waals surface area contributed by atoms with E-state index in [0.29, 0.717) is 4.91 Å². The number of carbonyl (C=O) groups excluding carboxylic acids is 2. The molecule has 154 valence electrons. The van der Waals surface area contributed by atoms with Gasteiger partial charge in [0.1, 0.15) is 17.4 Å². The van der Waals surface area contributed by atoms with E-state index in [-0.39, 0.29) is 33.7 Å². The highest BCUT2D eigenvalue weighted by atomic mass is 35.5. The number of esters is 1. The first kappa shape index (κ1) is 23.0. The van der Waals surface area contributed by atoms with Gasteiger partial charge in [-0.2, -0.15) is 0 Å². The molecule has 0 amide bonds. The van der Waals surface area contributed by atoms with Crippen molar-refractivity contribution in [2.45, 2.75) is 6.42 Å². The Balaban J connectivity index is 1.98. The molecule has 1 aliphatic heterocycles. The lowest BCUT2D eigenvalue weighted by molar-refractivity contribution is -0.153. The number of rotatable bonds is 10. The largest absolute Gasteiger partial charge is 0.480 e. The van der Waals surface area contributed by atoms with Gasteiger partial charge in [-0.3, -0.25) is 4.79 Å². The fraction of sp³-hybridized carbons (Fsp3) is 0.444. The van der Waals surface area contributed by atoms with Crippen LogP contribution < -0.4 is 4.74 Å². The van der Waals surface area contributed by atoms with Gasteiger partial charge in [0.25, 0.3) is 0 Å². The van der Waals surface area contributed by atoms with Crippen molar-refractivity contribution in [3.05, 3.63) is 38.7 Å². The van der Waals surface area contributed by atoms with Gasteiger partial charge in [0.05, 0.1) is 35.2 Å². The van der Waals surface area contributed by atoms with Crippen molar-refractivity contribution in [3.8, 4) is 5.75 Å². The molecule has 1 aromatic rings. The van der Waals surface area contributed by atoms with Gasteiger partial charge in [-0.15, -0.1) is 11.8 Å². The van der Waals surface area contributed by atoms with E-state index in [2.05, 4.69) is 0 Å². The van der Waals surface area contributed by atoms with Crippen LogP contribution in [-0.4, -0.2) is 65.9 Å². The van der Waals surface area contributed by atoms with E-state index >= 15 is 0 Å². The zero-order chi connectivity index (χ0) is 20.7. The minimum Gasteiger partial charge on any atom is -0.480 e. The fourth-order valence-electron chi connectivity index (χ4n) is 2.23. The van der Waals surface area contributed by atoms with Crippen LogP contribution in [0.15, 0.2) is 23.1 Å². The Labute approximate surface area is 176 Å². The molecule has 7 nitrogen and oxygen atoms in total. The van der Waals surface area contributed by atoms with Crippen LogP contribution in [0, 0.1) is 5.41 Å². The van der Waals surface area contributed by atoms with Gasteiger partial charge in [-0.1, -0.05) is 29.3 Å². The molecule has 2 rings (SSSR count). The predicted molar refractivity (Wildman–Crippen MR) is 106 cm³/mol. The molecule has 10 heteroatoms. The number of thioether (sulfide) groups is 1. The molecule has 0 aliphatic carbocycles. The molecule has 0 saturated carbocycles. The Bertz CT molecular complexity index is 754. The highest BCUT2D eigenvalue weighted by molar-refractivity contribution is 8.04. The number of aliphatic hydroxyl groups excluding tert-OH is 3. The van der Waals surface area contributed by atoms with Crippen LogP contribution in [-0.2, 0) is 9.53 Å². The molecule has 0 saturated heterocycles. The Morgan fingerprint density at radius 3 is 2.36 bits per heavy atom. The maximum Gasteiger partial charge on any atom is 0.344 e. The number of benzene rings is 1. The number of Topliss-reactive ketones (excluding diaryl/α,β-unsaturated/α-hetero) is 1. The fourth-order valence-corrected chi connectivity index (χ4v) is 3.62. The number of hydrogen-bond donors (Lipinski definition) is 3. The maximum atomic E-state index is 12.5. The summed E-state index contributed by atoms with van der Waals surface area (Å²) in [6, 6.07) is 2.92. The summed E-state index contributed by atoms with van der Waals surface area (Å²) in [5, 5.41) is 27.7. The van der Waals surface area contributed by atoms with E-state index in [1.165, 1.54) is 23.9 Å². The Hall–Kier alpha value is -1.29. The standard InChI is InChI=1S/C18H20Cl2O7S/c19-15-11(17(25)13-2-1-5-28-13)3-4-12(16(15)20)26-6-14(24)27-10-18(7-21,8-22)9-23/h2-4,21-23H,1,5-10H2. The number of hydrogen-bond acceptors (Lipinski definition) is 8. The Kier molecular flexibility index (Phi) is 8.60. The molecule has 0 unspecified atom stereocenters. The molecule has 0 fully saturated rings. The second-order valence-electron chi connectivity index (χ2n) is 6.20. The predicted octanol–water partition coefficient (Wildman–Crippen LogP) is 2.08. The van der Waals surface area contributed by atoms with Gasteiger partial charge < -0.3 is 24.8 Å². The normalized spacial score (nSPS) is 14.0. The number of allylic oxidation sites excluding steroid dienone is 2. The first-order valence-corrected chi connectivity index (χ1v) is 10.1. The van der Waals surface area contributed by atoms with Crippen molar-refractivity contribution in [2.24, 2.45) is 5.41 Å². The van der Waals surface area contributed by atoms with Crippen molar-refractivity contribution in [3.63, 3.8) is 0 Å². The average molecular weight is 451 g/mol. The summed E-state index contributed by atoms with van der Waals surface area (Å²) in [6.45, 7) is -2.56. The second-order valence-corrected chi connectivity index (χ2v) is 8.09. The van der Waals surface area contributed by atoms with Crippen LogP contribution in [0.5, 0.6) is 5.75 Å². The smallest absolute Gasteiger partial charge is 0.344 e. The van der Waals surface area contributed by atoms with E-state index in [1.807, 2.05) is 6.08 Å². The molecule has 1 aromatic carbocycles. The molecule has 1 aliphatic rings. The zero-order valence-electron chi connectivity index (χ0n) is 14.8. The van der Waals surface area contributed by atoms with E-state index in [4.69, 9.17) is 32.7 Å². The third kappa shape index (κ3) is 5.40. The first-order chi connectivity index (χ1) is 13.4. The lowest BCUT2D eigenvalue weighted by Crippen LogP contribution is -2.40. The maximum absolute atomic E-state index is 12.5. The lowest BCUT2D eigenvalue weighted by Gasteiger charge is -2.26. The summed E-state index contributed by atoms with van der Waals surface area (Å²) in [4.78, 5) is 24.9. The quantitative estimate of drug-likeness (QED) is 0.366. The average Bonchev–Trinajstić information content (AvgIpc) is 3.25. The minimum absolute atomic E-state index is 0.000616. The highest BCUT2D eigenvalue weighted by Crippen LogP contribution is 2.37. The summed E-state index contributed by atoms with van der Waals surface area (Å²) in [5.41, 5.74) is -1.08. The summed E-state index contributed by atoms with van der Waals surface area (Å²) in [5.74, 6) is -0.0564. The number of ketones is 1. The van der Waals surface area contributed by atoms with Gasteiger partial charge in [-0.25, -0.2) is 4.79 Å². The molecule has 0 radical (unpaired) electrons. The van der Waals surface area contributed by atoms with Crippen molar-refractivity contribution >= 4 is 46.7 Å². The summed E-state index contributed by atoms with van der Waals surface area (Å²) >= 11 is 13.8. The number of ether oxygens (including phenoxy) is 2. The molecular weight excluding hydrogens is 431 g/mol. The van der Waals surface area contributed by atoms with Gasteiger partial charge in [0.2, 0.25) is 5.78 Å². The number of halogens is 2. The van der Waals surface area contributed by atoms with E-state index < -0.39 is 37.8 Å². The third-order valence-corrected chi connectivity index (χ3v) is 6.08. The van der Waals surface area contributed by atoms with Crippen LogP contribution in [0.4, 0.5) is 0 Å². The summed E-state index contributed by atoms with van der Waals surface area (Å²) < 4.78 is 10.2. The van der Waals surface area contributed by atoms with Gasteiger partial charge in [-0.05, 0) is 18.6 Å². The van der Waals surface area contributed by atoms with Crippen LogP contribution >= 0.6 is 35.0 Å². The molecule has 0 atom stereocenters. The number of aliphatic hydroxyl groups is 3.